The molecule has 0 spiro atoms. The smallest absolute Gasteiger partial charge is 0.266 e. The first-order valence-electron chi connectivity index (χ1n) is 5.72. The number of benzene rings is 1. The lowest BCUT2D eigenvalue weighted by molar-refractivity contribution is 0.771. The third-order valence-corrected chi connectivity index (χ3v) is 2.83. The van der Waals surface area contributed by atoms with Gasteiger partial charge in [-0.1, -0.05) is 17.5 Å². The molecular weight excluding hydrogens is 278 g/mol. The molecule has 0 aliphatic rings. The molecule has 0 saturated carbocycles. The Morgan fingerprint density at radius 2 is 2.05 bits per heavy atom. The fourth-order valence-electron chi connectivity index (χ4n) is 1.68. The third-order valence-electron chi connectivity index (χ3n) is 2.58. The van der Waals surface area contributed by atoms with Crippen molar-refractivity contribution in [3.05, 3.63) is 45.6 Å². The van der Waals surface area contributed by atoms with E-state index in [-0.39, 0.29) is 12.5 Å². The fraction of sp³-hybridized carbons (Fsp3) is 0.154. The van der Waals surface area contributed by atoms with E-state index in [4.69, 9.17) is 23.9 Å². The van der Waals surface area contributed by atoms with Gasteiger partial charge in [0.25, 0.3) is 0 Å². The molecule has 6 nitrogen and oxygen atoms in total. The second-order valence-electron chi connectivity index (χ2n) is 4.00. The molecule has 1 heterocycles. The molecule has 0 saturated heterocycles. The Labute approximate surface area is 120 Å². The summed E-state index contributed by atoms with van der Waals surface area (Å²) in [7, 11) is 0. The lowest BCUT2D eigenvalue weighted by Crippen LogP contribution is -2.36. The highest BCUT2D eigenvalue weighted by atomic mass is 35.5. The first-order valence-corrected chi connectivity index (χ1v) is 6.10. The van der Waals surface area contributed by atoms with Crippen molar-refractivity contribution in [3.63, 3.8) is 0 Å². The minimum atomic E-state index is -0.484. The minimum absolute atomic E-state index is 0.0932. The van der Waals surface area contributed by atoms with Crippen LogP contribution in [-0.2, 0) is 0 Å². The van der Waals surface area contributed by atoms with Crippen LogP contribution in [0.25, 0.3) is 5.69 Å². The number of hydrogen-bond donors (Lipinski definition) is 1. The van der Waals surface area contributed by atoms with Crippen LogP contribution >= 0.6 is 11.6 Å². The maximum absolute atomic E-state index is 12.1. The highest BCUT2D eigenvalue weighted by Crippen LogP contribution is 2.13. The lowest BCUT2D eigenvalue weighted by atomic mass is 10.3. The molecule has 20 heavy (non-hydrogen) atoms. The van der Waals surface area contributed by atoms with Crippen LogP contribution in [0.3, 0.4) is 0 Å². The van der Waals surface area contributed by atoms with Gasteiger partial charge < -0.3 is 0 Å². The molecule has 0 aliphatic heterocycles. The monoisotopic (exact) mass is 289 g/mol. The molecular formula is C13H12ClN5O. The van der Waals surface area contributed by atoms with Crippen molar-refractivity contribution in [1.29, 1.82) is 0 Å². The van der Waals surface area contributed by atoms with E-state index in [1.165, 1.54) is 4.57 Å². The molecule has 0 unspecified atom stereocenters. The van der Waals surface area contributed by atoms with Crippen LogP contribution in [-0.4, -0.2) is 21.1 Å². The largest absolute Gasteiger partial charge is 0.356 e. The number of anilines is 1. The Morgan fingerprint density at radius 3 is 2.60 bits per heavy atom. The average molecular weight is 290 g/mol. The normalized spacial score (nSPS) is 10.1. The molecule has 0 bridgehead atoms. The predicted octanol–water partition coefficient (Wildman–Crippen LogP) is 0.903. The van der Waals surface area contributed by atoms with Gasteiger partial charge in [0, 0.05) is 5.02 Å². The number of rotatable bonds is 3. The predicted molar refractivity (Wildman–Crippen MR) is 77.7 cm³/mol. The van der Waals surface area contributed by atoms with Gasteiger partial charge in [0.15, 0.2) is 0 Å². The van der Waals surface area contributed by atoms with Gasteiger partial charge in [0.05, 0.1) is 12.2 Å². The van der Waals surface area contributed by atoms with Gasteiger partial charge in [0.1, 0.15) is 5.82 Å². The van der Waals surface area contributed by atoms with Crippen molar-refractivity contribution in [2.75, 3.05) is 11.6 Å². The summed E-state index contributed by atoms with van der Waals surface area (Å²) < 4.78 is 1.36. The lowest BCUT2D eigenvalue weighted by Gasteiger charge is -2.15. The van der Waals surface area contributed by atoms with Crippen LogP contribution in [0.5, 0.6) is 0 Å². The van der Waals surface area contributed by atoms with E-state index in [2.05, 4.69) is 15.9 Å². The summed E-state index contributed by atoms with van der Waals surface area (Å²) in [4.78, 5) is 20.1. The van der Waals surface area contributed by atoms with E-state index in [9.17, 15) is 4.79 Å². The Kier molecular flexibility index (Phi) is 4.03. The van der Waals surface area contributed by atoms with Crippen molar-refractivity contribution in [3.8, 4) is 18.0 Å². The number of nitrogens with two attached hydrogens (primary N) is 1. The molecule has 1 aromatic heterocycles. The summed E-state index contributed by atoms with van der Waals surface area (Å²) in [6, 6.07) is 6.79. The van der Waals surface area contributed by atoms with Crippen LogP contribution in [0, 0.1) is 19.3 Å². The van der Waals surface area contributed by atoms with Gasteiger partial charge in [-0.3, -0.25) is 5.01 Å². The van der Waals surface area contributed by atoms with Crippen molar-refractivity contribution in [1.82, 2.24) is 14.5 Å². The van der Waals surface area contributed by atoms with E-state index >= 15 is 0 Å². The van der Waals surface area contributed by atoms with Crippen LogP contribution in [0.4, 0.5) is 5.95 Å². The highest BCUT2D eigenvalue weighted by Gasteiger charge is 2.11. The zero-order valence-corrected chi connectivity index (χ0v) is 11.5. The minimum Gasteiger partial charge on any atom is -0.266 e. The van der Waals surface area contributed by atoms with Crippen LogP contribution in [0.1, 0.15) is 5.82 Å². The SMILES string of the molecule is C#CCN(N)c1nc(C)n(-c2ccc(Cl)cc2)c(=O)n1. The molecule has 0 aliphatic carbocycles. The fourth-order valence-corrected chi connectivity index (χ4v) is 1.80. The Bertz CT molecular complexity index is 717. The van der Waals surface area contributed by atoms with Gasteiger partial charge in [-0.15, -0.1) is 6.42 Å². The summed E-state index contributed by atoms with van der Waals surface area (Å²) in [6.07, 6.45) is 5.15. The number of aryl methyl sites for hydroxylation is 1. The molecule has 0 radical (unpaired) electrons. The van der Waals surface area contributed by atoms with Gasteiger partial charge in [-0.2, -0.15) is 9.97 Å². The van der Waals surface area contributed by atoms with E-state index in [1.807, 2.05) is 0 Å². The maximum atomic E-state index is 12.1. The van der Waals surface area contributed by atoms with Crippen molar-refractivity contribution in [2.45, 2.75) is 6.92 Å². The summed E-state index contributed by atoms with van der Waals surface area (Å²) in [6.45, 7) is 1.80. The second-order valence-corrected chi connectivity index (χ2v) is 4.43. The molecule has 0 atom stereocenters. The Morgan fingerprint density at radius 1 is 1.40 bits per heavy atom. The Balaban J connectivity index is 2.50. The molecule has 2 aromatic rings. The molecule has 1 aromatic carbocycles. The van der Waals surface area contributed by atoms with E-state index in [0.29, 0.717) is 16.5 Å². The Hall–Kier alpha value is -2.36. The summed E-state index contributed by atoms with van der Waals surface area (Å²) in [5.74, 6) is 8.55. The van der Waals surface area contributed by atoms with E-state index in [0.717, 1.165) is 5.01 Å². The maximum Gasteiger partial charge on any atom is 0.356 e. The summed E-state index contributed by atoms with van der Waals surface area (Å²) in [5, 5.41) is 1.72. The van der Waals surface area contributed by atoms with Crippen LogP contribution in [0.15, 0.2) is 29.1 Å². The van der Waals surface area contributed by atoms with Gasteiger partial charge in [0.2, 0.25) is 5.95 Å². The number of halogens is 1. The first-order chi connectivity index (χ1) is 9.52. The van der Waals surface area contributed by atoms with Crippen LogP contribution in [0.2, 0.25) is 5.02 Å². The van der Waals surface area contributed by atoms with E-state index in [1.54, 1.807) is 31.2 Å². The number of hydrazine groups is 1. The molecule has 7 heteroatoms. The third kappa shape index (κ3) is 2.79. The summed E-state index contributed by atoms with van der Waals surface area (Å²) >= 11 is 5.82. The van der Waals surface area contributed by atoms with Gasteiger partial charge in [-0.05, 0) is 31.2 Å². The standard InChI is InChI=1S/C13H12ClN5O/c1-3-8-18(15)12-16-9(2)19(13(20)17-12)11-6-4-10(14)5-7-11/h1,4-7H,8,15H2,2H3. The zero-order chi connectivity index (χ0) is 14.7. The molecule has 2 rings (SSSR count). The molecule has 102 valence electrons. The average Bonchev–Trinajstić information content (AvgIpc) is 2.40. The van der Waals surface area contributed by atoms with Gasteiger partial charge >= 0.3 is 5.69 Å². The number of aromatic nitrogens is 3. The number of nitrogens with zero attached hydrogens (tertiary/aromatic N) is 4. The van der Waals surface area contributed by atoms with Crippen molar-refractivity contribution >= 4 is 17.5 Å². The van der Waals surface area contributed by atoms with Crippen LogP contribution < -0.4 is 16.5 Å². The quantitative estimate of drug-likeness (QED) is 0.516. The number of terminal acetylenes is 1. The highest BCUT2D eigenvalue weighted by molar-refractivity contribution is 6.30. The zero-order valence-electron chi connectivity index (χ0n) is 10.7. The van der Waals surface area contributed by atoms with Crippen molar-refractivity contribution in [2.24, 2.45) is 5.84 Å². The van der Waals surface area contributed by atoms with E-state index < -0.39 is 5.69 Å². The molecule has 2 N–H and O–H groups in total. The second kappa shape index (κ2) is 5.74. The first kappa shape index (κ1) is 14.1. The van der Waals surface area contributed by atoms with Crippen molar-refractivity contribution < 1.29 is 0 Å². The number of hydrogen-bond acceptors (Lipinski definition) is 5. The summed E-state index contributed by atoms with van der Waals surface area (Å²) in [5.41, 5.74) is 0.145. The van der Waals surface area contributed by atoms with Gasteiger partial charge in [-0.25, -0.2) is 15.2 Å². The molecule has 0 amide bonds. The topological polar surface area (TPSA) is 77.0 Å². The molecule has 0 fully saturated rings.